The standard InChI is InChI=1S/C28H26N4O4/c1-17-25(22-9-5-6-10-23(22)29-17)26-20-7-3-4-8-21(20)28(35)32(26)16-15-24(33)30-31-27(34)18-11-13-19(36-2)14-12-18/h3-14,26,29H,15-16H2,1-2H3,(H,30,33)(H,31,34). The molecule has 0 spiro atoms. The molecule has 4 aromatic rings. The van der Waals surface area contributed by atoms with Gasteiger partial charge >= 0.3 is 0 Å². The van der Waals surface area contributed by atoms with Crippen LogP contribution in [-0.4, -0.2) is 41.3 Å². The molecule has 1 aliphatic heterocycles. The van der Waals surface area contributed by atoms with Gasteiger partial charge in [-0.1, -0.05) is 36.4 Å². The van der Waals surface area contributed by atoms with Crippen molar-refractivity contribution >= 4 is 28.6 Å². The summed E-state index contributed by atoms with van der Waals surface area (Å²) in [5.41, 5.74) is 9.82. The quantitative estimate of drug-likeness (QED) is 0.363. The van der Waals surface area contributed by atoms with Gasteiger partial charge in [0, 0.05) is 46.3 Å². The van der Waals surface area contributed by atoms with Gasteiger partial charge in [0.1, 0.15) is 5.75 Å². The largest absolute Gasteiger partial charge is 0.497 e. The molecule has 0 aliphatic carbocycles. The van der Waals surface area contributed by atoms with Crippen molar-refractivity contribution in [2.45, 2.75) is 19.4 Å². The van der Waals surface area contributed by atoms with Crippen LogP contribution in [0.5, 0.6) is 5.75 Å². The SMILES string of the molecule is COc1ccc(C(=O)NNC(=O)CCN2C(=O)c3ccccc3C2c2c(C)[nH]c3ccccc23)cc1. The first-order chi connectivity index (χ1) is 17.5. The molecule has 36 heavy (non-hydrogen) atoms. The molecule has 0 fully saturated rings. The number of carbonyl (C=O) groups excluding carboxylic acids is 3. The van der Waals surface area contributed by atoms with Gasteiger partial charge in [0.15, 0.2) is 0 Å². The highest BCUT2D eigenvalue weighted by Gasteiger charge is 2.39. The van der Waals surface area contributed by atoms with Gasteiger partial charge in [-0.3, -0.25) is 25.2 Å². The number of nitrogens with one attached hydrogen (secondary N) is 3. The van der Waals surface area contributed by atoms with E-state index in [1.54, 1.807) is 36.3 Å². The van der Waals surface area contributed by atoms with Crippen molar-refractivity contribution in [3.05, 3.63) is 101 Å². The zero-order valence-corrected chi connectivity index (χ0v) is 20.0. The van der Waals surface area contributed by atoms with E-state index in [1.165, 1.54) is 0 Å². The van der Waals surface area contributed by atoms with Gasteiger partial charge in [-0.15, -0.1) is 0 Å². The number of hydrazine groups is 1. The number of hydrogen-bond acceptors (Lipinski definition) is 4. The molecule has 1 aliphatic rings. The van der Waals surface area contributed by atoms with Crippen molar-refractivity contribution in [1.29, 1.82) is 0 Å². The lowest BCUT2D eigenvalue weighted by Gasteiger charge is -2.26. The maximum absolute atomic E-state index is 13.4. The second-order valence-corrected chi connectivity index (χ2v) is 8.68. The maximum atomic E-state index is 13.4. The smallest absolute Gasteiger partial charge is 0.269 e. The van der Waals surface area contributed by atoms with Crippen molar-refractivity contribution in [1.82, 2.24) is 20.7 Å². The number of aryl methyl sites for hydroxylation is 1. The van der Waals surface area contributed by atoms with Crippen LogP contribution >= 0.6 is 0 Å². The summed E-state index contributed by atoms with van der Waals surface area (Å²) in [5, 5.41) is 1.05. The summed E-state index contributed by atoms with van der Waals surface area (Å²) in [4.78, 5) is 43.5. The van der Waals surface area contributed by atoms with Crippen LogP contribution in [0.15, 0.2) is 72.8 Å². The van der Waals surface area contributed by atoms with E-state index in [0.717, 1.165) is 27.7 Å². The molecule has 8 heteroatoms. The molecule has 5 rings (SSSR count). The zero-order valence-electron chi connectivity index (χ0n) is 20.0. The first-order valence-electron chi connectivity index (χ1n) is 11.7. The van der Waals surface area contributed by atoms with Gasteiger partial charge in [0.25, 0.3) is 11.8 Å². The Bertz CT molecular complexity index is 1460. The Morgan fingerprint density at radius 1 is 0.972 bits per heavy atom. The molecule has 0 radical (unpaired) electrons. The third-order valence-corrected chi connectivity index (χ3v) is 6.52. The van der Waals surface area contributed by atoms with Gasteiger partial charge in [0.2, 0.25) is 5.91 Å². The van der Waals surface area contributed by atoms with E-state index in [9.17, 15) is 14.4 Å². The van der Waals surface area contributed by atoms with Crippen LogP contribution in [0.25, 0.3) is 10.9 Å². The van der Waals surface area contributed by atoms with E-state index in [2.05, 4.69) is 15.8 Å². The van der Waals surface area contributed by atoms with E-state index in [-0.39, 0.29) is 24.9 Å². The predicted molar refractivity (Wildman–Crippen MR) is 136 cm³/mol. The fourth-order valence-corrected chi connectivity index (χ4v) is 4.79. The van der Waals surface area contributed by atoms with Crippen LogP contribution in [0, 0.1) is 6.92 Å². The van der Waals surface area contributed by atoms with E-state index >= 15 is 0 Å². The molecule has 3 N–H and O–H groups in total. The number of nitrogens with zero attached hydrogens (tertiary/aromatic N) is 1. The van der Waals surface area contributed by atoms with Crippen molar-refractivity contribution in [3.8, 4) is 5.75 Å². The molecule has 0 saturated heterocycles. The Balaban J connectivity index is 1.32. The lowest BCUT2D eigenvalue weighted by molar-refractivity contribution is -0.122. The van der Waals surface area contributed by atoms with Crippen molar-refractivity contribution < 1.29 is 19.1 Å². The lowest BCUT2D eigenvalue weighted by Crippen LogP contribution is -2.43. The van der Waals surface area contributed by atoms with Gasteiger partial charge in [0.05, 0.1) is 13.2 Å². The number of benzene rings is 3. The van der Waals surface area contributed by atoms with Crippen LogP contribution in [0.3, 0.4) is 0 Å². The highest BCUT2D eigenvalue weighted by Crippen LogP contribution is 2.42. The summed E-state index contributed by atoms with van der Waals surface area (Å²) >= 11 is 0. The fourth-order valence-electron chi connectivity index (χ4n) is 4.79. The van der Waals surface area contributed by atoms with Crippen molar-refractivity contribution in [3.63, 3.8) is 0 Å². The predicted octanol–water partition coefficient (Wildman–Crippen LogP) is 3.88. The Hall–Kier alpha value is -4.59. The average molecular weight is 483 g/mol. The van der Waals surface area contributed by atoms with E-state index < -0.39 is 11.8 Å². The summed E-state index contributed by atoms with van der Waals surface area (Å²) < 4.78 is 5.09. The van der Waals surface area contributed by atoms with Gasteiger partial charge in [-0.25, -0.2) is 0 Å². The molecule has 0 saturated carbocycles. The first-order valence-corrected chi connectivity index (χ1v) is 11.7. The first kappa shape index (κ1) is 23.2. The van der Waals surface area contributed by atoms with Crippen LogP contribution in [0.1, 0.15) is 50.0 Å². The Morgan fingerprint density at radius 3 is 2.47 bits per heavy atom. The number of amides is 3. The van der Waals surface area contributed by atoms with Crippen LogP contribution in [-0.2, 0) is 4.79 Å². The van der Waals surface area contributed by atoms with E-state index in [1.807, 2.05) is 55.5 Å². The van der Waals surface area contributed by atoms with Gasteiger partial charge in [-0.2, -0.15) is 0 Å². The Labute approximate surface area is 208 Å². The molecule has 0 bridgehead atoms. The summed E-state index contributed by atoms with van der Waals surface area (Å²) in [6.07, 6.45) is 0.0283. The molecule has 8 nitrogen and oxygen atoms in total. The van der Waals surface area contributed by atoms with Crippen LogP contribution < -0.4 is 15.6 Å². The molecule has 1 unspecified atom stereocenters. The summed E-state index contributed by atoms with van der Waals surface area (Å²) in [5.74, 6) is -0.319. The minimum Gasteiger partial charge on any atom is -0.497 e. The molecule has 182 valence electrons. The van der Waals surface area contributed by atoms with Crippen molar-refractivity contribution in [2.75, 3.05) is 13.7 Å². The number of rotatable bonds is 6. The number of aromatic amines is 1. The number of hydrogen-bond donors (Lipinski definition) is 3. The molecule has 2 heterocycles. The Morgan fingerprint density at radius 2 is 1.69 bits per heavy atom. The monoisotopic (exact) mass is 482 g/mol. The highest BCUT2D eigenvalue weighted by molar-refractivity contribution is 6.01. The fraction of sp³-hybridized carbons (Fsp3) is 0.179. The number of fused-ring (bicyclic) bond motifs is 2. The van der Waals surface area contributed by atoms with Crippen LogP contribution in [0.2, 0.25) is 0 Å². The molecule has 1 aromatic heterocycles. The number of H-pyrrole nitrogens is 1. The minimum absolute atomic E-state index is 0.0283. The topological polar surface area (TPSA) is 104 Å². The number of ether oxygens (including phenoxy) is 1. The molecular formula is C28H26N4O4. The zero-order chi connectivity index (χ0) is 25.2. The van der Waals surface area contributed by atoms with Gasteiger partial charge in [-0.05, 0) is 48.9 Å². The van der Waals surface area contributed by atoms with E-state index in [4.69, 9.17) is 4.74 Å². The van der Waals surface area contributed by atoms with Gasteiger partial charge < -0.3 is 14.6 Å². The van der Waals surface area contributed by atoms with Crippen molar-refractivity contribution in [2.24, 2.45) is 0 Å². The third kappa shape index (κ3) is 4.17. The summed E-state index contributed by atoms with van der Waals surface area (Å²) in [7, 11) is 1.54. The minimum atomic E-state index is -0.442. The average Bonchev–Trinajstić information content (AvgIpc) is 3.38. The Kier molecular flexibility index (Phi) is 6.16. The third-order valence-electron chi connectivity index (χ3n) is 6.52. The molecule has 3 amide bonds. The molecule has 3 aromatic carbocycles. The second-order valence-electron chi connectivity index (χ2n) is 8.68. The molecule has 1 atom stereocenters. The number of methoxy groups -OCH3 is 1. The van der Waals surface area contributed by atoms with Crippen LogP contribution in [0.4, 0.5) is 0 Å². The summed E-state index contributed by atoms with van der Waals surface area (Å²) in [6, 6.07) is 21.8. The number of carbonyl (C=O) groups is 3. The molecular weight excluding hydrogens is 456 g/mol. The van der Waals surface area contributed by atoms with E-state index in [0.29, 0.717) is 16.9 Å². The maximum Gasteiger partial charge on any atom is 0.269 e. The normalized spacial score (nSPS) is 14.6. The highest BCUT2D eigenvalue weighted by atomic mass is 16.5. The lowest BCUT2D eigenvalue weighted by atomic mass is 9.95. The second kappa shape index (κ2) is 9.58. The number of para-hydroxylation sites is 1. The number of aromatic nitrogens is 1. The summed E-state index contributed by atoms with van der Waals surface area (Å²) in [6.45, 7) is 2.20.